The van der Waals surface area contributed by atoms with E-state index in [-0.39, 0.29) is 6.04 Å². The van der Waals surface area contributed by atoms with Gasteiger partial charge in [-0.2, -0.15) is 0 Å². The Labute approximate surface area is 131 Å². The molecular formula is C15H14N6S. The van der Waals surface area contributed by atoms with Crippen molar-refractivity contribution >= 4 is 16.5 Å². The van der Waals surface area contributed by atoms with Gasteiger partial charge in [0.1, 0.15) is 0 Å². The summed E-state index contributed by atoms with van der Waals surface area (Å²) in [6.45, 7) is 4.97. The second-order valence-corrected chi connectivity index (χ2v) is 6.44. The minimum atomic E-state index is 0.228. The van der Waals surface area contributed by atoms with Crippen LogP contribution in [0.15, 0.2) is 30.9 Å². The van der Waals surface area contributed by atoms with Gasteiger partial charge in [0.15, 0.2) is 16.8 Å². The van der Waals surface area contributed by atoms with Gasteiger partial charge in [-0.25, -0.2) is 24.9 Å². The van der Waals surface area contributed by atoms with Gasteiger partial charge in [0.25, 0.3) is 0 Å². The predicted molar refractivity (Wildman–Crippen MR) is 84.5 cm³/mol. The fourth-order valence-electron chi connectivity index (χ4n) is 2.60. The van der Waals surface area contributed by atoms with Gasteiger partial charge < -0.3 is 4.90 Å². The summed E-state index contributed by atoms with van der Waals surface area (Å²) in [6.07, 6.45) is 7.20. The minimum Gasteiger partial charge on any atom is -0.335 e. The maximum absolute atomic E-state index is 4.66. The Morgan fingerprint density at radius 2 is 1.91 bits per heavy atom. The van der Waals surface area contributed by atoms with Crippen LogP contribution in [0, 0.1) is 6.92 Å². The Morgan fingerprint density at radius 1 is 1.09 bits per heavy atom. The summed E-state index contributed by atoms with van der Waals surface area (Å²) in [5.41, 5.74) is 2.17. The molecular weight excluding hydrogens is 296 g/mol. The fraction of sp³-hybridized carbons (Fsp3) is 0.267. The van der Waals surface area contributed by atoms with Crippen LogP contribution in [0.25, 0.3) is 11.6 Å². The molecule has 3 aromatic rings. The van der Waals surface area contributed by atoms with Gasteiger partial charge in [-0.1, -0.05) is 0 Å². The summed E-state index contributed by atoms with van der Waals surface area (Å²) in [5.74, 6) is 1.13. The monoisotopic (exact) mass is 310 g/mol. The summed E-state index contributed by atoms with van der Waals surface area (Å²) in [4.78, 5) is 25.5. The SMILES string of the molecule is Cc1cnc(N2Cc3nc(-c4ncccn4)ncc3C2C)s1. The average Bonchev–Trinajstić information content (AvgIpc) is 3.12. The maximum atomic E-state index is 4.66. The number of aryl methyl sites for hydroxylation is 1. The Hall–Kier alpha value is -2.41. The molecule has 6 nitrogen and oxygen atoms in total. The lowest BCUT2D eigenvalue weighted by Crippen LogP contribution is -2.18. The molecule has 0 aromatic carbocycles. The summed E-state index contributed by atoms with van der Waals surface area (Å²) in [5, 5.41) is 1.03. The van der Waals surface area contributed by atoms with Gasteiger partial charge in [-0.3, -0.25) is 0 Å². The van der Waals surface area contributed by atoms with Crippen molar-refractivity contribution in [1.82, 2.24) is 24.9 Å². The van der Waals surface area contributed by atoms with Crippen molar-refractivity contribution in [3.8, 4) is 11.6 Å². The summed E-state index contributed by atoms with van der Waals surface area (Å²) < 4.78 is 0. The third-order valence-electron chi connectivity index (χ3n) is 3.76. The third-order valence-corrected chi connectivity index (χ3v) is 4.71. The van der Waals surface area contributed by atoms with Gasteiger partial charge in [-0.15, -0.1) is 11.3 Å². The molecule has 0 fully saturated rings. The zero-order chi connectivity index (χ0) is 15.1. The molecule has 1 unspecified atom stereocenters. The number of aromatic nitrogens is 5. The van der Waals surface area contributed by atoms with Crippen molar-refractivity contribution in [2.45, 2.75) is 26.4 Å². The molecule has 7 heteroatoms. The van der Waals surface area contributed by atoms with Gasteiger partial charge >= 0.3 is 0 Å². The normalized spacial score (nSPS) is 16.8. The van der Waals surface area contributed by atoms with Crippen LogP contribution in [0.4, 0.5) is 5.13 Å². The number of hydrogen-bond acceptors (Lipinski definition) is 7. The van der Waals surface area contributed by atoms with Gasteiger partial charge in [0, 0.05) is 35.2 Å². The third kappa shape index (κ3) is 2.14. The molecule has 4 heterocycles. The highest BCUT2D eigenvalue weighted by Crippen LogP contribution is 2.38. The second kappa shape index (κ2) is 5.10. The van der Waals surface area contributed by atoms with Crippen LogP contribution in [-0.2, 0) is 6.54 Å². The lowest BCUT2D eigenvalue weighted by Gasteiger charge is -2.20. The zero-order valence-corrected chi connectivity index (χ0v) is 13.1. The topological polar surface area (TPSA) is 67.7 Å². The molecule has 0 radical (unpaired) electrons. The first-order chi connectivity index (χ1) is 10.7. The molecule has 0 amide bonds. The molecule has 22 heavy (non-hydrogen) atoms. The van der Waals surface area contributed by atoms with Crippen molar-refractivity contribution < 1.29 is 0 Å². The first-order valence-corrected chi connectivity index (χ1v) is 7.86. The molecule has 1 aliphatic rings. The van der Waals surface area contributed by atoms with Crippen LogP contribution >= 0.6 is 11.3 Å². The van der Waals surface area contributed by atoms with Crippen LogP contribution < -0.4 is 4.90 Å². The molecule has 0 aliphatic carbocycles. The number of thiazole rings is 1. The van der Waals surface area contributed by atoms with Crippen LogP contribution in [0.3, 0.4) is 0 Å². The molecule has 0 spiro atoms. The van der Waals surface area contributed by atoms with Crippen LogP contribution in [0.2, 0.25) is 0 Å². The Kier molecular flexibility index (Phi) is 3.07. The van der Waals surface area contributed by atoms with Crippen molar-refractivity contribution in [2.24, 2.45) is 0 Å². The van der Waals surface area contributed by atoms with Crippen molar-refractivity contribution in [3.63, 3.8) is 0 Å². The lowest BCUT2D eigenvalue weighted by molar-refractivity contribution is 0.727. The highest BCUT2D eigenvalue weighted by molar-refractivity contribution is 7.15. The molecule has 1 atom stereocenters. The predicted octanol–water partition coefficient (Wildman–Crippen LogP) is 2.78. The van der Waals surface area contributed by atoms with Gasteiger partial charge in [-0.05, 0) is 19.9 Å². The standard InChI is InChI=1S/C15H14N6S/c1-9-6-19-15(22-9)21-8-12-11(10(21)2)7-18-14(20-12)13-16-4-3-5-17-13/h3-7,10H,8H2,1-2H3. The Balaban J connectivity index is 1.70. The van der Waals surface area contributed by atoms with E-state index in [1.54, 1.807) is 29.8 Å². The number of hydrogen-bond donors (Lipinski definition) is 0. The zero-order valence-electron chi connectivity index (χ0n) is 12.3. The minimum absolute atomic E-state index is 0.228. The van der Waals surface area contributed by atoms with E-state index >= 15 is 0 Å². The highest BCUT2D eigenvalue weighted by Gasteiger charge is 2.30. The van der Waals surface area contributed by atoms with Gasteiger partial charge in [0.2, 0.25) is 0 Å². The second-order valence-electron chi connectivity index (χ2n) is 5.23. The van der Waals surface area contributed by atoms with Crippen LogP contribution in [-0.4, -0.2) is 24.9 Å². The van der Waals surface area contributed by atoms with E-state index < -0.39 is 0 Å². The number of rotatable bonds is 2. The highest BCUT2D eigenvalue weighted by atomic mass is 32.1. The van der Waals surface area contributed by atoms with Crippen molar-refractivity contribution in [1.29, 1.82) is 0 Å². The molecule has 0 saturated carbocycles. The number of nitrogens with zero attached hydrogens (tertiary/aromatic N) is 6. The first kappa shape index (κ1) is 13.3. The fourth-order valence-corrected chi connectivity index (χ4v) is 3.44. The number of fused-ring (bicyclic) bond motifs is 1. The number of anilines is 1. The lowest BCUT2D eigenvalue weighted by atomic mass is 10.2. The quantitative estimate of drug-likeness (QED) is 0.725. The maximum Gasteiger partial charge on any atom is 0.198 e. The van der Waals surface area contributed by atoms with Gasteiger partial charge in [0.05, 0.1) is 18.3 Å². The molecule has 0 bridgehead atoms. The van der Waals surface area contributed by atoms with Crippen LogP contribution in [0.1, 0.15) is 29.1 Å². The smallest absolute Gasteiger partial charge is 0.198 e. The molecule has 3 aromatic heterocycles. The Bertz CT molecular complexity index is 816. The molecule has 1 aliphatic heterocycles. The van der Waals surface area contributed by atoms with Crippen molar-refractivity contribution in [2.75, 3.05) is 4.90 Å². The van der Waals surface area contributed by atoms with E-state index in [0.29, 0.717) is 11.6 Å². The van der Waals surface area contributed by atoms with E-state index in [2.05, 4.69) is 43.7 Å². The first-order valence-electron chi connectivity index (χ1n) is 7.04. The molecule has 4 rings (SSSR count). The molecule has 0 N–H and O–H groups in total. The molecule has 110 valence electrons. The average molecular weight is 310 g/mol. The largest absolute Gasteiger partial charge is 0.335 e. The summed E-state index contributed by atoms with van der Waals surface area (Å²) >= 11 is 1.70. The van der Waals surface area contributed by atoms with Crippen LogP contribution in [0.5, 0.6) is 0 Å². The van der Waals surface area contributed by atoms with Crippen molar-refractivity contribution in [3.05, 3.63) is 47.0 Å². The molecule has 0 saturated heterocycles. The van der Waals surface area contributed by atoms with E-state index in [1.807, 2.05) is 12.4 Å². The summed E-state index contributed by atoms with van der Waals surface area (Å²) in [6, 6.07) is 2.01. The Morgan fingerprint density at radius 3 is 2.64 bits per heavy atom. The van der Waals surface area contributed by atoms with E-state index in [0.717, 1.165) is 22.9 Å². The van der Waals surface area contributed by atoms with E-state index in [1.165, 1.54) is 4.88 Å². The van der Waals surface area contributed by atoms with E-state index in [4.69, 9.17) is 0 Å². The van der Waals surface area contributed by atoms with E-state index in [9.17, 15) is 0 Å². The summed E-state index contributed by atoms with van der Waals surface area (Å²) in [7, 11) is 0.